The molecule has 4 rings (SSSR count). The number of aryl methyl sites for hydroxylation is 1. The summed E-state index contributed by atoms with van der Waals surface area (Å²) in [6.07, 6.45) is 3.68. The first-order valence-electron chi connectivity index (χ1n) is 10.6. The van der Waals surface area contributed by atoms with Gasteiger partial charge < -0.3 is 14.9 Å². The molecule has 0 spiro atoms. The number of piperidine rings is 1. The molecular weight excluding hydrogens is 428 g/mol. The largest absolute Gasteiger partial charge is 0.369 e. The average molecular weight is 457 g/mol. The summed E-state index contributed by atoms with van der Waals surface area (Å²) in [7, 11) is 0. The fraction of sp³-hybridized carbons (Fsp3) is 0.458. The highest BCUT2D eigenvalue weighted by Gasteiger charge is 2.34. The van der Waals surface area contributed by atoms with Gasteiger partial charge in [-0.3, -0.25) is 4.79 Å². The van der Waals surface area contributed by atoms with Gasteiger partial charge in [0.1, 0.15) is 0 Å². The van der Waals surface area contributed by atoms with E-state index in [9.17, 15) is 9.90 Å². The molecule has 2 aliphatic rings. The molecule has 1 fully saturated rings. The molecule has 1 saturated heterocycles. The van der Waals surface area contributed by atoms with E-state index in [0.29, 0.717) is 12.1 Å². The Kier molecular flexibility index (Phi) is 6.38. The van der Waals surface area contributed by atoms with Crippen LogP contribution in [0, 0.1) is 12.8 Å². The van der Waals surface area contributed by atoms with E-state index in [1.807, 2.05) is 18.2 Å². The van der Waals surface area contributed by atoms with Gasteiger partial charge in [-0.05, 0) is 75.9 Å². The zero-order valence-corrected chi connectivity index (χ0v) is 18.6. The van der Waals surface area contributed by atoms with Crippen LogP contribution in [-0.2, 0) is 6.42 Å². The van der Waals surface area contributed by atoms with Crippen LogP contribution in [-0.4, -0.2) is 47.0 Å². The highest BCUT2D eigenvalue weighted by atomic mass is 79.9. The number of aliphatic hydroxyl groups is 1. The van der Waals surface area contributed by atoms with Crippen LogP contribution in [0.25, 0.3) is 0 Å². The number of fused-ring (bicyclic) bond motifs is 1. The number of carbonyl (C=O) groups is 1. The minimum absolute atomic E-state index is 0.0458. The molecule has 2 aliphatic heterocycles. The Balaban J connectivity index is 1.22. The number of aliphatic hydroxyl groups excluding tert-OH is 1. The molecule has 1 unspecified atom stereocenters. The Hall–Kier alpha value is -1.69. The van der Waals surface area contributed by atoms with Crippen molar-refractivity contribution in [2.75, 3.05) is 26.2 Å². The van der Waals surface area contributed by atoms with Gasteiger partial charge in [-0.15, -0.1) is 0 Å². The number of benzene rings is 2. The van der Waals surface area contributed by atoms with Gasteiger partial charge in [0.15, 0.2) is 6.23 Å². The summed E-state index contributed by atoms with van der Waals surface area (Å²) in [6, 6.07) is 14.0. The molecule has 2 aromatic carbocycles. The normalized spacial score (nSPS) is 20.3. The number of hydrogen-bond acceptors (Lipinski definition) is 3. The quantitative estimate of drug-likeness (QED) is 0.693. The van der Waals surface area contributed by atoms with Crippen molar-refractivity contribution < 1.29 is 9.90 Å². The van der Waals surface area contributed by atoms with Gasteiger partial charge in [0.2, 0.25) is 0 Å². The average Bonchev–Trinajstić information content (AvgIpc) is 2.97. The molecule has 0 aromatic heterocycles. The van der Waals surface area contributed by atoms with Gasteiger partial charge in [-0.1, -0.05) is 51.8 Å². The molecule has 154 valence electrons. The van der Waals surface area contributed by atoms with E-state index >= 15 is 0 Å². The summed E-state index contributed by atoms with van der Waals surface area (Å²) in [4.78, 5) is 16.6. The zero-order valence-electron chi connectivity index (χ0n) is 17.0. The summed E-state index contributed by atoms with van der Waals surface area (Å²) < 4.78 is 1.22. The van der Waals surface area contributed by atoms with Crippen molar-refractivity contribution in [1.82, 2.24) is 9.80 Å². The van der Waals surface area contributed by atoms with E-state index in [4.69, 9.17) is 0 Å². The van der Waals surface area contributed by atoms with Crippen LogP contribution in [0.15, 0.2) is 46.9 Å². The van der Waals surface area contributed by atoms with Crippen LogP contribution in [0.1, 0.15) is 52.5 Å². The van der Waals surface area contributed by atoms with Crippen LogP contribution in [0.4, 0.5) is 0 Å². The summed E-state index contributed by atoms with van der Waals surface area (Å²) in [5.41, 5.74) is 4.12. The lowest BCUT2D eigenvalue weighted by atomic mass is 9.89. The van der Waals surface area contributed by atoms with Gasteiger partial charge >= 0.3 is 0 Å². The third-order valence-corrected chi connectivity index (χ3v) is 7.09. The molecule has 1 atom stereocenters. The minimum atomic E-state index is -0.794. The molecule has 1 amide bonds. The van der Waals surface area contributed by atoms with Crippen molar-refractivity contribution >= 4 is 21.8 Å². The van der Waals surface area contributed by atoms with E-state index in [2.05, 4.69) is 46.0 Å². The second-order valence-electron chi connectivity index (χ2n) is 8.40. The Labute approximate surface area is 181 Å². The monoisotopic (exact) mass is 456 g/mol. The molecule has 5 heteroatoms. The van der Waals surface area contributed by atoms with Crippen molar-refractivity contribution in [3.8, 4) is 0 Å². The van der Waals surface area contributed by atoms with Crippen LogP contribution in [0.3, 0.4) is 0 Å². The molecule has 0 aliphatic carbocycles. The number of nitrogens with zero attached hydrogens (tertiary/aromatic N) is 2. The van der Waals surface area contributed by atoms with Gasteiger partial charge in [-0.2, -0.15) is 0 Å². The highest BCUT2D eigenvalue weighted by Crippen LogP contribution is 2.31. The van der Waals surface area contributed by atoms with Gasteiger partial charge in [0.05, 0.1) is 0 Å². The number of amides is 1. The standard InChI is InChI=1S/C24H29BrN2O2/c1-17-7-8-22(25)19(15-17)16-18-9-13-26(14-10-18)11-4-12-27-23(28)20-5-2-3-6-21(20)24(27)29/h2-3,5-8,15,18,23,28H,4,9-14,16H2,1H3. The van der Waals surface area contributed by atoms with Crippen LogP contribution >= 0.6 is 15.9 Å². The van der Waals surface area contributed by atoms with E-state index in [0.717, 1.165) is 44.0 Å². The Morgan fingerprint density at radius 2 is 1.86 bits per heavy atom. The number of likely N-dealkylation sites (tertiary alicyclic amines) is 1. The fourth-order valence-corrected chi connectivity index (χ4v) is 5.03. The minimum Gasteiger partial charge on any atom is -0.369 e. The Morgan fingerprint density at radius 3 is 2.62 bits per heavy atom. The molecule has 1 N–H and O–H groups in total. The number of carbonyl (C=O) groups excluding carboxylic acids is 1. The number of hydrogen-bond donors (Lipinski definition) is 1. The lowest BCUT2D eigenvalue weighted by molar-refractivity contribution is 0.0157. The van der Waals surface area contributed by atoms with E-state index in [1.54, 1.807) is 11.0 Å². The molecule has 0 bridgehead atoms. The number of halogens is 1. The van der Waals surface area contributed by atoms with E-state index < -0.39 is 6.23 Å². The Bertz CT molecular complexity index is 877. The third kappa shape index (κ3) is 4.57. The first-order valence-corrected chi connectivity index (χ1v) is 11.4. The molecule has 4 nitrogen and oxygen atoms in total. The van der Waals surface area contributed by atoms with Gasteiger partial charge in [-0.25, -0.2) is 0 Å². The van der Waals surface area contributed by atoms with Crippen LogP contribution in [0.2, 0.25) is 0 Å². The summed E-state index contributed by atoms with van der Waals surface area (Å²) in [6.45, 7) is 5.97. The molecule has 2 aromatic rings. The molecule has 0 saturated carbocycles. The second-order valence-corrected chi connectivity index (χ2v) is 9.25. The second kappa shape index (κ2) is 8.99. The SMILES string of the molecule is Cc1ccc(Br)c(CC2CCN(CCCN3C(=O)c4ccccc4C3O)CC2)c1. The maximum absolute atomic E-state index is 12.5. The van der Waals surface area contributed by atoms with Crippen molar-refractivity contribution in [1.29, 1.82) is 0 Å². The third-order valence-electron chi connectivity index (χ3n) is 6.32. The lowest BCUT2D eigenvalue weighted by Crippen LogP contribution is -2.37. The smallest absolute Gasteiger partial charge is 0.256 e. The first kappa shape index (κ1) is 20.6. The van der Waals surface area contributed by atoms with Crippen molar-refractivity contribution in [3.63, 3.8) is 0 Å². The van der Waals surface area contributed by atoms with Crippen molar-refractivity contribution in [2.24, 2.45) is 5.92 Å². The molecule has 29 heavy (non-hydrogen) atoms. The first-order chi connectivity index (χ1) is 14.0. The molecule has 2 heterocycles. The predicted molar refractivity (Wildman–Crippen MR) is 119 cm³/mol. The van der Waals surface area contributed by atoms with Crippen LogP contribution in [0.5, 0.6) is 0 Å². The summed E-state index contributed by atoms with van der Waals surface area (Å²) in [5.74, 6) is 0.691. The van der Waals surface area contributed by atoms with E-state index in [-0.39, 0.29) is 5.91 Å². The zero-order chi connectivity index (χ0) is 20.4. The van der Waals surface area contributed by atoms with Gasteiger partial charge in [0, 0.05) is 22.1 Å². The maximum atomic E-state index is 12.5. The molecular formula is C24H29BrN2O2. The summed E-state index contributed by atoms with van der Waals surface area (Å²) >= 11 is 3.69. The maximum Gasteiger partial charge on any atom is 0.256 e. The summed E-state index contributed by atoms with van der Waals surface area (Å²) in [5, 5.41) is 10.5. The highest BCUT2D eigenvalue weighted by molar-refractivity contribution is 9.10. The topological polar surface area (TPSA) is 43.8 Å². The fourth-order valence-electron chi connectivity index (χ4n) is 4.62. The van der Waals surface area contributed by atoms with Crippen molar-refractivity contribution in [3.05, 3.63) is 69.2 Å². The molecule has 0 radical (unpaired) electrons. The van der Waals surface area contributed by atoms with E-state index in [1.165, 1.54) is 28.4 Å². The lowest BCUT2D eigenvalue weighted by Gasteiger charge is -2.32. The number of rotatable bonds is 6. The predicted octanol–water partition coefficient (Wildman–Crippen LogP) is 4.55. The van der Waals surface area contributed by atoms with Crippen LogP contribution < -0.4 is 0 Å². The Morgan fingerprint density at radius 1 is 1.10 bits per heavy atom. The van der Waals surface area contributed by atoms with Crippen molar-refractivity contribution in [2.45, 2.75) is 38.8 Å². The van der Waals surface area contributed by atoms with Gasteiger partial charge in [0.25, 0.3) is 5.91 Å².